The zero-order chi connectivity index (χ0) is 12.7. The van der Waals surface area contributed by atoms with Gasteiger partial charge in [0.2, 0.25) is 6.23 Å². The van der Waals surface area contributed by atoms with E-state index in [1.807, 2.05) is 11.4 Å². The third-order valence-electron chi connectivity index (χ3n) is 1.89. The van der Waals surface area contributed by atoms with Gasteiger partial charge in [0, 0.05) is 0 Å². The second kappa shape index (κ2) is 6.49. The van der Waals surface area contributed by atoms with Crippen LogP contribution in [0.3, 0.4) is 0 Å². The summed E-state index contributed by atoms with van der Waals surface area (Å²) in [6, 6.07) is 9.01. The molecule has 1 atom stereocenters. The number of hydrogen-bond acceptors (Lipinski definition) is 5. The highest BCUT2D eigenvalue weighted by atomic mass is 16.6. The number of hydrogen-bond donors (Lipinski definition) is 2. The van der Waals surface area contributed by atoms with Crippen molar-refractivity contribution in [2.45, 2.75) is 12.8 Å². The first-order valence-electron chi connectivity index (χ1n) is 4.86. The molecule has 2 N–H and O–H groups in total. The molecule has 6 heteroatoms. The summed E-state index contributed by atoms with van der Waals surface area (Å²) in [6.07, 6.45) is -2.62. The molecular weight excluding hydrogens is 226 g/mol. The Bertz CT molecular complexity index is 379. The van der Waals surface area contributed by atoms with Gasteiger partial charge in [0.25, 0.3) is 0 Å². The van der Waals surface area contributed by atoms with Crippen LogP contribution >= 0.6 is 0 Å². The third-order valence-corrected chi connectivity index (χ3v) is 1.89. The minimum atomic E-state index is -1.72. The number of benzene rings is 1. The van der Waals surface area contributed by atoms with Crippen LogP contribution < -0.4 is 5.32 Å². The quantitative estimate of drug-likeness (QED) is 0.587. The van der Waals surface area contributed by atoms with Crippen molar-refractivity contribution in [1.82, 2.24) is 5.32 Å². The van der Waals surface area contributed by atoms with Crippen molar-refractivity contribution in [3.63, 3.8) is 0 Å². The minimum Gasteiger partial charge on any atom is -0.466 e. The number of ether oxygens (including phenoxy) is 2. The molecule has 0 saturated carbocycles. The maximum Gasteiger partial charge on any atom is 0.409 e. The van der Waals surface area contributed by atoms with Gasteiger partial charge in [-0.2, -0.15) is 0 Å². The molecule has 1 rings (SSSR count). The normalized spacial score (nSPS) is 11.4. The lowest BCUT2D eigenvalue weighted by molar-refractivity contribution is -0.151. The van der Waals surface area contributed by atoms with Gasteiger partial charge in [-0.05, 0) is 5.56 Å². The molecule has 6 nitrogen and oxygen atoms in total. The molecule has 92 valence electrons. The van der Waals surface area contributed by atoms with Crippen molar-refractivity contribution in [1.29, 1.82) is 0 Å². The van der Waals surface area contributed by atoms with Crippen molar-refractivity contribution >= 4 is 12.1 Å². The standard InChI is InChI=1S/C11H13NO5/c1-16-10(14)9(13)12-11(15)17-7-8-5-3-2-4-6-8/h2-6,9,13H,7H2,1H3,(H,12,15). The number of aliphatic hydroxyl groups excluding tert-OH is 1. The molecule has 0 heterocycles. The summed E-state index contributed by atoms with van der Waals surface area (Å²) >= 11 is 0. The van der Waals surface area contributed by atoms with Gasteiger partial charge in [0.15, 0.2) is 0 Å². The summed E-state index contributed by atoms with van der Waals surface area (Å²) in [7, 11) is 1.10. The predicted octanol–water partition coefficient (Wildman–Crippen LogP) is 0.404. The topological polar surface area (TPSA) is 84.9 Å². The van der Waals surface area contributed by atoms with Crippen molar-refractivity contribution < 1.29 is 24.2 Å². The lowest BCUT2D eigenvalue weighted by Crippen LogP contribution is -2.41. The van der Waals surface area contributed by atoms with Crippen LogP contribution in [0.4, 0.5) is 4.79 Å². The monoisotopic (exact) mass is 239 g/mol. The SMILES string of the molecule is COC(=O)C(O)NC(=O)OCc1ccccc1. The molecule has 0 aromatic heterocycles. The maximum atomic E-state index is 11.1. The summed E-state index contributed by atoms with van der Waals surface area (Å²) in [5, 5.41) is 11.0. The van der Waals surface area contributed by atoms with Crippen LogP contribution in [0.25, 0.3) is 0 Å². The van der Waals surface area contributed by atoms with Crippen LogP contribution in [-0.4, -0.2) is 30.5 Å². The number of nitrogens with one attached hydrogen (secondary N) is 1. The number of rotatable bonds is 4. The van der Waals surface area contributed by atoms with E-state index in [0.717, 1.165) is 12.7 Å². The van der Waals surface area contributed by atoms with Crippen LogP contribution in [0, 0.1) is 0 Å². The zero-order valence-corrected chi connectivity index (χ0v) is 9.25. The summed E-state index contributed by atoms with van der Waals surface area (Å²) < 4.78 is 8.99. The van der Waals surface area contributed by atoms with Crippen molar-refractivity contribution in [2.75, 3.05) is 7.11 Å². The molecule has 1 aromatic carbocycles. The highest BCUT2D eigenvalue weighted by molar-refractivity contribution is 5.79. The Kier molecular flexibility index (Phi) is 4.96. The van der Waals surface area contributed by atoms with Crippen molar-refractivity contribution in [2.24, 2.45) is 0 Å². The van der Waals surface area contributed by atoms with Crippen molar-refractivity contribution in [3.05, 3.63) is 35.9 Å². The molecule has 0 aliphatic heterocycles. The summed E-state index contributed by atoms with van der Waals surface area (Å²) in [5.41, 5.74) is 0.801. The van der Waals surface area contributed by atoms with Crippen LogP contribution in [0.2, 0.25) is 0 Å². The average Bonchev–Trinajstić information content (AvgIpc) is 2.36. The smallest absolute Gasteiger partial charge is 0.409 e. The lowest BCUT2D eigenvalue weighted by Gasteiger charge is -2.10. The van der Waals surface area contributed by atoms with Crippen LogP contribution in [0.15, 0.2) is 30.3 Å². The molecule has 1 unspecified atom stereocenters. The second-order valence-electron chi connectivity index (χ2n) is 3.13. The number of aliphatic hydroxyl groups is 1. The number of amides is 1. The van der Waals surface area contributed by atoms with E-state index in [1.54, 1.807) is 24.3 Å². The van der Waals surface area contributed by atoms with Gasteiger partial charge >= 0.3 is 12.1 Å². The van der Waals surface area contributed by atoms with E-state index in [1.165, 1.54) is 0 Å². The largest absolute Gasteiger partial charge is 0.466 e. The molecule has 0 aliphatic carbocycles. The number of carbonyl (C=O) groups excluding carboxylic acids is 2. The van der Waals surface area contributed by atoms with E-state index < -0.39 is 18.3 Å². The van der Waals surface area contributed by atoms with Crippen molar-refractivity contribution in [3.8, 4) is 0 Å². The first kappa shape index (κ1) is 13.0. The van der Waals surface area contributed by atoms with E-state index in [0.29, 0.717) is 0 Å². The van der Waals surface area contributed by atoms with E-state index in [4.69, 9.17) is 9.84 Å². The Balaban J connectivity index is 2.33. The molecule has 1 aromatic rings. The molecule has 0 spiro atoms. The van der Waals surface area contributed by atoms with Gasteiger partial charge in [0.05, 0.1) is 7.11 Å². The Labute approximate surface area is 98.2 Å². The molecule has 17 heavy (non-hydrogen) atoms. The molecule has 0 saturated heterocycles. The molecule has 1 amide bonds. The average molecular weight is 239 g/mol. The fraction of sp³-hybridized carbons (Fsp3) is 0.273. The number of esters is 1. The Morgan fingerprint density at radius 1 is 1.35 bits per heavy atom. The van der Waals surface area contributed by atoms with Gasteiger partial charge in [-0.3, -0.25) is 5.32 Å². The highest BCUT2D eigenvalue weighted by Crippen LogP contribution is 2.00. The Morgan fingerprint density at radius 3 is 2.59 bits per heavy atom. The van der Waals surface area contributed by atoms with Gasteiger partial charge in [-0.25, -0.2) is 9.59 Å². The second-order valence-corrected chi connectivity index (χ2v) is 3.13. The van der Waals surface area contributed by atoms with E-state index in [9.17, 15) is 9.59 Å². The van der Waals surface area contributed by atoms with E-state index in [2.05, 4.69) is 4.74 Å². The molecular formula is C11H13NO5. The van der Waals surface area contributed by atoms with Gasteiger partial charge in [0.1, 0.15) is 6.61 Å². The predicted molar refractivity (Wildman–Crippen MR) is 57.8 cm³/mol. The highest BCUT2D eigenvalue weighted by Gasteiger charge is 2.18. The fourth-order valence-electron chi connectivity index (χ4n) is 1.05. The Morgan fingerprint density at radius 2 is 2.00 bits per heavy atom. The van der Waals surface area contributed by atoms with Gasteiger partial charge in [-0.1, -0.05) is 30.3 Å². The van der Waals surface area contributed by atoms with Gasteiger partial charge in [-0.15, -0.1) is 0 Å². The van der Waals surface area contributed by atoms with Crippen LogP contribution in [-0.2, 0) is 20.9 Å². The van der Waals surface area contributed by atoms with Crippen LogP contribution in [0.1, 0.15) is 5.56 Å². The first-order chi connectivity index (χ1) is 8.13. The summed E-state index contributed by atoms with van der Waals surface area (Å²) in [5.74, 6) is -0.957. The lowest BCUT2D eigenvalue weighted by atomic mass is 10.2. The fourth-order valence-corrected chi connectivity index (χ4v) is 1.05. The van der Waals surface area contributed by atoms with Crippen LogP contribution in [0.5, 0.6) is 0 Å². The minimum absolute atomic E-state index is 0.0561. The van der Waals surface area contributed by atoms with E-state index >= 15 is 0 Å². The molecule has 0 fully saturated rings. The molecule has 0 bridgehead atoms. The maximum absolute atomic E-state index is 11.1. The molecule has 0 radical (unpaired) electrons. The number of alkyl carbamates (subject to hydrolysis) is 1. The summed E-state index contributed by atoms with van der Waals surface area (Å²) in [4.78, 5) is 21.9. The Hall–Kier alpha value is -2.08. The first-order valence-corrected chi connectivity index (χ1v) is 4.86. The third kappa shape index (κ3) is 4.52. The van der Waals surface area contributed by atoms with E-state index in [-0.39, 0.29) is 6.61 Å². The number of carbonyl (C=O) groups is 2. The molecule has 0 aliphatic rings. The number of methoxy groups -OCH3 is 1. The summed E-state index contributed by atoms with van der Waals surface area (Å²) in [6.45, 7) is 0.0561. The zero-order valence-electron chi connectivity index (χ0n) is 9.25. The van der Waals surface area contributed by atoms with Gasteiger partial charge < -0.3 is 14.6 Å².